The number of para-hydroxylation sites is 1. The summed E-state index contributed by atoms with van der Waals surface area (Å²) < 4.78 is 0. The molecule has 2 rings (SSSR count). The molecule has 0 radical (unpaired) electrons. The standard InChI is InChI=1S/C12H17N/c1-3-11-9(2)8-10-6-4-5-7-12(10)13-11/h4-7,9,11,13H,3,8H2,1-2H3/t9-,11-/m0/s1. The molecule has 0 aromatic heterocycles. The number of anilines is 1. The molecule has 1 aromatic carbocycles. The molecule has 0 unspecified atom stereocenters. The summed E-state index contributed by atoms with van der Waals surface area (Å²) in [5.41, 5.74) is 2.81. The van der Waals surface area contributed by atoms with Crippen LogP contribution in [-0.2, 0) is 6.42 Å². The fourth-order valence-electron chi connectivity index (χ4n) is 2.17. The molecule has 0 amide bonds. The summed E-state index contributed by atoms with van der Waals surface area (Å²) >= 11 is 0. The Morgan fingerprint density at radius 2 is 2.15 bits per heavy atom. The van der Waals surface area contributed by atoms with Crippen LogP contribution >= 0.6 is 0 Å². The summed E-state index contributed by atoms with van der Waals surface area (Å²) in [6.45, 7) is 4.58. The number of rotatable bonds is 1. The van der Waals surface area contributed by atoms with Crippen LogP contribution in [0.15, 0.2) is 24.3 Å². The lowest BCUT2D eigenvalue weighted by Gasteiger charge is -2.31. The van der Waals surface area contributed by atoms with Crippen LogP contribution in [0.3, 0.4) is 0 Å². The van der Waals surface area contributed by atoms with Gasteiger partial charge in [0.05, 0.1) is 0 Å². The van der Waals surface area contributed by atoms with E-state index in [1.165, 1.54) is 24.1 Å². The zero-order valence-electron chi connectivity index (χ0n) is 8.38. The lowest BCUT2D eigenvalue weighted by molar-refractivity contribution is 0.454. The first kappa shape index (κ1) is 8.61. The number of hydrogen-bond acceptors (Lipinski definition) is 1. The lowest BCUT2D eigenvalue weighted by Crippen LogP contribution is -2.32. The van der Waals surface area contributed by atoms with Crippen LogP contribution in [0.1, 0.15) is 25.8 Å². The minimum absolute atomic E-state index is 0.662. The molecule has 2 atom stereocenters. The molecule has 0 bridgehead atoms. The van der Waals surface area contributed by atoms with Gasteiger partial charge in [0.15, 0.2) is 0 Å². The van der Waals surface area contributed by atoms with Gasteiger partial charge in [0.2, 0.25) is 0 Å². The van der Waals surface area contributed by atoms with Crippen molar-refractivity contribution < 1.29 is 0 Å². The van der Waals surface area contributed by atoms with E-state index >= 15 is 0 Å². The summed E-state index contributed by atoms with van der Waals surface area (Å²) in [5.74, 6) is 0.764. The normalized spacial score (nSPS) is 26.3. The first-order valence-electron chi connectivity index (χ1n) is 5.15. The molecule has 13 heavy (non-hydrogen) atoms. The Morgan fingerprint density at radius 1 is 1.38 bits per heavy atom. The van der Waals surface area contributed by atoms with Gasteiger partial charge >= 0.3 is 0 Å². The third kappa shape index (κ3) is 1.55. The molecular formula is C12H17N. The van der Waals surface area contributed by atoms with Crippen LogP contribution < -0.4 is 5.32 Å². The zero-order valence-corrected chi connectivity index (χ0v) is 8.38. The van der Waals surface area contributed by atoms with Gasteiger partial charge in [-0.1, -0.05) is 32.0 Å². The Hall–Kier alpha value is -0.980. The smallest absolute Gasteiger partial charge is 0.0375 e. The fraction of sp³-hybridized carbons (Fsp3) is 0.500. The Kier molecular flexibility index (Phi) is 2.26. The summed E-state index contributed by atoms with van der Waals surface area (Å²) in [7, 11) is 0. The first-order valence-corrected chi connectivity index (χ1v) is 5.15. The maximum Gasteiger partial charge on any atom is 0.0375 e. The third-order valence-electron chi connectivity index (χ3n) is 3.03. The van der Waals surface area contributed by atoms with Crippen molar-refractivity contribution in [2.45, 2.75) is 32.7 Å². The van der Waals surface area contributed by atoms with Gasteiger partial charge < -0.3 is 5.32 Å². The van der Waals surface area contributed by atoms with Gasteiger partial charge in [-0.05, 0) is 30.4 Å². The highest BCUT2D eigenvalue weighted by Gasteiger charge is 2.22. The monoisotopic (exact) mass is 175 g/mol. The number of hydrogen-bond donors (Lipinski definition) is 1. The zero-order chi connectivity index (χ0) is 9.26. The Labute approximate surface area is 80.2 Å². The number of fused-ring (bicyclic) bond motifs is 1. The molecule has 0 saturated heterocycles. The van der Waals surface area contributed by atoms with Crippen molar-refractivity contribution in [3.05, 3.63) is 29.8 Å². The molecule has 0 saturated carbocycles. The van der Waals surface area contributed by atoms with E-state index in [-0.39, 0.29) is 0 Å². The quantitative estimate of drug-likeness (QED) is 0.691. The molecular weight excluding hydrogens is 158 g/mol. The highest BCUT2D eigenvalue weighted by Crippen LogP contribution is 2.28. The topological polar surface area (TPSA) is 12.0 Å². The van der Waals surface area contributed by atoms with E-state index in [0.717, 1.165) is 5.92 Å². The molecule has 1 aliphatic heterocycles. The average Bonchev–Trinajstić information content (AvgIpc) is 2.17. The van der Waals surface area contributed by atoms with E-state index in [2.05, 4.69) is 43.4 Å². The van der Waals surface area contributed by atoms with Crippen molar-refractivity contribution >= 4 is 5.69 Å². The maximum atomic E-state index is 3.60. The molecule has 0 spiro atoms. The van der Waals surface area contributed by atoms with Crippen molar-refractivity contribution in [1.29, 1.82) is 0 Å². The predicted octanol–water partition coefficient (Wildman–Crippen LogP) is 3.07. The van der Waals surface area contributed by atoms with Gasteiger partial charge in [-0.15, -0.1) is 0 Å². The minimum Gasteiger partial charge on any atom is -0.382 e. The van der Waals surface area contributed by atoms with E-state index in [0.29, 0.717) is 6.04 Å². The van der Waals surface area contributed by atoms with Crippen molar-refractivity contribution in [3.8, 4) is 0 Å². The Bertz CT molecular complexity index is 293. The second kappa shape index (κ2) is 3.41. The van der Waals surface area contributed by atoms with Crippen LogP contribution in [0.25, 0.3) is 0 Å². The lowest BCUT2D eigenvalue weighted by atomic mass is 9.87. The molecule has 1 aliphatic rings. The SMILES string of the molecule is CC[C@@H]1Nc2ccccc2C[C@@H]1C. The van der Waals surface area contributed by atoms with Crippen LogP contribution in [-0.4, -0.2) is 6.04 Å². The first-order chi connectivity index (χ1) is 6.31. The van der Waals surface area contributed by atoms with E-state index in [1.807, 2.05) is 0 Å². The average molecular weight is 175 g/mol. The summed E-state index contributed by atoms with van der Waals surface area (Å²) in [4.78, 5) is 0. The number of nitrogens with one attached hydrogen (secondary N) is 1. The molecule has 0 fully saturated rings. The highest BCUT2D eigenvalue weighted by atomic mass is 14.9. The van der Waals surface area contributed by atoms with Crippen LogP contribution in [0, 0.1) is 5.92 Å². The maximum absolute atomic E-state index is 3.60. The van der Waals surface area contributed by atoms with Gasteiger partial charge in [0.25, 0.3) is 0 Å². The van der Waals surface area contributed by atoms with E-state index in [1.54, 1.807) is 0 Å². The highest BCUT2D eigenvalue weighted by molar-refractivity contribution is 5.54. The van der Waals surface area contributed by atoms with E-state index < -0.39 is 0 Å². The summed E-state index contributed by atoms with van der Waals surface area (Å²) in [5, 5.41) is 3.60. The number of benzene rings is 1. The molecule has 1 heteroatoms. The largest absolute Gasteiger partial charge is 0.382 e. The third-order valence-corrected chi connectivity index (χ3v) is 3.03. The molecule has 70 valence electrons. The van der Waals surface area contributed by atoms with Gasteiger partial charge in [0, 0.05) is 11.7 Å². The van der Waals surface area contributed by atoms with Crippen molar-refractivity contribution in [3.63, 3.8) is 0 Å². The second-order valence-corrected chi connectivity index (χ2v) is 4.00. The Morgan fingerprint density at radius 3 is 2.92 bits per heavy atom. The van der Waals surface area contributed by atoms with Crippen LogP contribution in [0.5, 0.6) is 0 Å². The van der Waals surface area contributed by atoms with Crippen LogP contribution in [0.4, 0.5) is 5.69 Å². The van der Waals surface area contributed by atoms with Crippen molar-refractivity contribution in [2.75, 3.05) is 5.32 Å². The molecule has 0 aliphatic carbocycles. The van der Waals surface area contributed by atoms with Crippen molar-refractivity contribution in [1.82, 2.24) is 0 Å². The minimum atomic E-state index is 0.662. The Balaban J connectivity index is 2.27. The van der Waals surface area contributed by atoms with Gasteiger partial charge in [-0.25, -0.2) is 0 Å². The fourth-order valence-corrected chi connectivity index (χ4v) is 2.17. The predicted molar refractivity (Wildman–Crippen MR) is 57.0 cm³/mol. The molecule has 1 aromatic rings. The van der Waals surface area contributed by atoms with E-state index in [9.17, 15) is 0 Å². The van der Waals surface area contributed by atoms with Crippen molar-refractivity contribution in [2.24, 2.45) is 5.92 Å². The summed E-state index contributed by atoms with van der Waals surface area (Å²) in [6, 6.07) is 9.30. The van der Waals surface area contributed by atoms with E-state index in [4.69, 9.17) is 0 Å². The van der Waals surface area contributed by atoms with Gasteiger partial charge in [-0.3, -0.25) is 0 Å². The second-order valence-electron chi connectivity index (χ2n) is 4.00. The summed E-state index contributed by atoms with van der Waals surface area (Å²) in [6.07, 6.45) is 2.44. The molecule has 1 heterocycles. The van der Waals surface area contributed by atoms with Gasteiger partial charge in [0.1, 0.15) is 0 Å². The van der Waals surface area contributed by atoms with Gasteiger partial charge in [-0.2, -0.15) is 0 Å². The molecule has 1 N–H and O–H groups in total. The van der Waals surface area contributed by atoms with Crippen LogP contribution in [0.2, 0.25) is 0 Å². The molecule has 1 nitrogen and oxygen atoms in total.